The predicted octanol–water partition coefficient (Wildman–Crippen LogP) is 4.36. The average Bonchev–Trinajstić information content (AvgIpc) is 2.78. The molecule has 2 aromatic carbocycles. The van der Waals surface area contributed by atoms with Crippen LogP contribution in [0.15, 0.2) is 36.4 Å². The lowest BCUT2D eigenvalue weighted by molar-refractivity contribution is -0.145. The molecule has 0 aromatic heterocycles. The van der Waals surface area contributed by atoms with Crippen LogP contribution in [-0.2, 0) is 16.0 Å². The Bertz CT molecular complexity index is 1110. The highest BCUT2D eigenvalue weighted by Crippen LogP contribution is 2.40. The Morgan fingerprint density at radius 2 is 1.71 bits per heavy atom. The third kappa shape index (κ3) is 5.22. The van der Waals surface area contributed by atoms with Gasteiger partial charge >= 0.3 is 0 Å². The van der Waals surface area contributed by atoms with Crippen LogP contribution in [0.4, 0.5) is 13.2 Å². The molecule has 2 aromatic rings. The van der Waals surface area contributed by atoms with Gasteiger partial charge in [0.1, 0.15) is 11.9 Å². The van der Waals surface area contributed by atoms with Gasteiger partial charge in [0, 0.05) is 31.0 Å². The number of benzene rings is 2. The zero-order valence-corrected chi connectivity index (χ0v) is 20.1. The van der Waals surface area contributed by atoms with E-state index < -0.39 is 29.5 Å². The Balaban J connectivity index is 1.54. The van der Waals surface area contributed by atoms with E-state index in [0.29, 0.717) is 18.5 Å². The molecule has 4 rings (SSSR count). The van der Waals surface area contributed by atoms with Gasteiger partial charge in [0.15, 0.2) is 11.6 Å². The molecule has 188 valence electrons. The lowest BCUT2D eigenvalue weighted by atomic mass is 9.80. The van der Waals surface area contributed by atoms with Gasteiger partial charge in [-0.1, -0.05) is 37.6 Å². The van der Waals surface area contributed by atoms with Crippen molar-refractivity contribution >= 4 is 11.8 Å². The summed E-state index contributed by atoms with van der Waals surface area (Å²) in [6.07, 6.45) is 3.06. The largest absolute Gasteiger partial charge is 0.354 e. The maximum Gasteiger partial charge on any atom is 0.243 e. The molecule has 1 saturated carbocycles. The molecule has 0 saturated heterocycles. The molecule has 2 amide bonds. The first-order valence-electron chi connectivity index (χ1n) is 12.2. The summed E-state index contributed by atoms with van der Waals surface area (Å²) in [6.45, 7) is 4.42. The number of carbonyl (C=O) groups is 2. The fraction of sp³-hybridized carbons (Fsp3) is 0.481. The highest BCUT2D eigenvalue weighted by Gasteiger charge is 2.43. The molecule has 0 bridgehead atoms. The van der Waals surface area contributed by atoms with Gasteiger partial charge in [0.2, 0.25) is 11.8 Å². The zero-order valence-electron chi connectivity index (χ0n) is 20.1. The standard InChI is InChI=1S/C27H32F3N3O2/c1-15-20-8-3-4-9-21(20)16(2)33(26(15)27(35)32-14-17-6-5-7-17)25(34)12-19(31)10-18-11-23(29)24(30)13-22(18)28/h3-4,8-9,11,13,15-17,19,26H,5-7,10,12,14,31H2,1-2H3,(H,32,35)/t15?,16?,19?,26-/m0/s1. The lowest BCUT2D eigenvalue weighted by Gasteiger charge is -2.45. The summed E-state index contributed by atoms with van der Waals surface area (Å²) in [4.78, 5) is 28.5. The van der Waals surface area contributed by atoms with Crippen LogP contribution in [0.2, 0.25) is 0 Å². The van der Waals surface area contributed by atoms with Gasteiger partial charge in [-0.3, -0.25) is 9.59 Å². The molecule has 0 radical (unpaired) electrons. The van der Waals surface area contributed by atoms with Gasteiger partial charge in [-0.25, -0.2) is 13.2 Å². The van der Waals surface area contributed by atoms with E-state index >= 15 is 0 Å². The van der Waals surface area contributed by atoms with Crippen LogP contribution >= 0.6 is 0 Å². The molecular formula is C27H32F3N3O2. The van der Waals surface area contributed by atoms with Gasteiger partial charge in [0.05, 0.1) is 6.04 Å². The number of fused-ring (bicyclic) bond motifs is 1. The van der Waals surface area contributed by atoms with E-state index in [1.807, 2.05) is 38.1 Å². The molecule has 1 fully saturated rings. The van der Waals surface area contributed by atoms with Crippen molar-refractivity contribution in [1.82, 2.24) is 10.2 Å². The van der Waals surface area contributed by atoms with Crippen molar-refractivity contribution < 1.29 is 22.8 Å². The zero-order chi connectivity index (χ0) is 25.3. The Kier molecular flexibility index (Phi) is 7.50. The molecule has 1 heterocycles. The van der Waals surface area contributed by atoms with Gasteiger partial charge in [-0.05, 0) is 54.9 Å². The monoisotopic (exact) mass is 487 g/mol. The van der Waals surface area contributed by atoms with Crippen LogP contribution in [0.25, 0.3) is 0 Å². The summed E-state index contributed by atoms with van der Waals surface area (Å²) in [6, 6.07) is 7.12. The molecule has 0 spiro atoms. The Labute approximate surface area is 203 Å². The smallest absolute Gasteiger partial charge is 0.243 e. The third-order valence-electron chi connectivity index (χ3n) is 7.48. The van der Waals surface area contributed by atoms with E-state index in [4.69, 9.17) is 5.73 Å². The normalized spacial score (nSPS) is 22.8. The highest BCUT2D eigenvalue weighted by atomic mass is 19.2. The number of hydrogen-bond donors (Lipinski definition) is 2. The fourth-order valence-corrected chi connectivity index (χ4v) is 5.28. The summed E-state index contributed by atoms with van der Waals surface area (Å²) in [5.74, 6) is -3.63. The van der Waals surface area contributed by atoms with Crippen molar-refractivity contribution in [3.63, 3.8) is 0 Å². The van der Waals surface area contributed by atoms with Crippen LogP contribution in [0.3, 0.4) is 0 Å². The first-order chi connectivity index (χ1) is 16.7. The SMILES string of the molecule is CC1c2ccccc2C(C)N(C(=O)CC(N)Cc2cc(F)c(F)cc2F)[C@@H]1C(=O)NCC1CCC1. The van der Waals surface area contributed by atoms with E-state index in [2.05, 4.69) is 5.32 Å². The number of halogens is 3. The van der Waals surface area contributed by atoms with Crippen molar-refractivity contribution in [2.75, 3.05) is 6.54 Å². The number of amides is 2. The number of nitrogens with one attached hydrogen (secondary N) is 1. The van der Waals surface area contributed by atoms with Gasteiger partial charge < -0.3 is 16.0 Å². The van der Waals surface area contributed by atoms with Crippen molar-refractivity contribution in [1.29, 1.82) is 0 Å². The minimum absolute atomic E-state index is 0.0932. The number of nitrogens with two attached hydrogens (primary N) is 1. The molecule has 4 atom stereocenters. The molecule has 3 N–H and O–H groups in total. The first-order valence-corrected chi connectivity index (χ1v) is 12.2. The van der Waals surface area contributed by atoms with Gasteiger partial charge in [-0.15, -0.1) is 0 Å². The van der Waals surface area contributed by atoms with Crippen molar-refractivity contribution in [2.45, 2.75) is 70.0 Å². The van der Waals surface area contributed by atoms with Crippen LogP contribution in [-0.4, -0.2) is 35.3 Å². The van der Waals surface area contributed by atoms with E-state index in [0.717, 1.165) is 30.0 Å². The number of carbonyl (C=O) groups excluding carboxylic acids is 2. The fourth-order valence-electron chi connectivity index (χ4n) is 5.28. The number of hydrogen-bond acceptors (Lipinski definition) is 3. The summed E-state index contributed by atoms with van der Waals surface area (Å²) in [5, 5.41) is 3.04. The number of nitrogens with zero attached hydrogens (tertiary/aromatic N) is 1. The Morgan fingerprint density at radius 1 is 1.06 bits per heavy atom. The quantitative estimate of drug-likeness (QED) is 0.570. The second-order valence-electron chi connectivity index (χ2n) is 9.91. The molecule has 3 unspecified atom stereocenters. The minimum Gasteiger partial charge on any atom is -0.354 e. The van der Waals surface area contributed by atoms with Crippen molar-refractivity contribution in [3.8, 4) is 0 Å². The van der Waals surface area contributed by atoms with Crippen LogP contribution in [0.1, 0.15) is 68.2 Å². The minimum atomic E-state index is -1.28. The summed E-state index contributed by atoms with van der Waals surface area (Å²) in [5.41, 5.74) is 8.06. The number of rotatable bonds is 7. The summed E-state index contributed by atoms with van der Waals surface area (Å²) < 4.78 is 41.0. The predicted molar refractivity (Wildman–Crippen MR) is 127 cm³/mol. The highest BCUT2D eigenvalue weighted by molar-refractivity contribution is 5.90. The third-order valence-corrected chi connectivity index (χ3v) is 7.48. The van der Waals surface area contributed by atoms with Gasteiger partial charge in [0.25, 0.3) is 0 Å². The Morgan fingerprint density at radius 3 is 2.37 bits per heavy atom. The molecule has 5 nitrogen and oxygen atoms in total. The molecular weight excluding hydrogens is 455 g/mol. The van der Waals surface area contributed by atoms with Gasteiger partial charge in [-0.2, -0.15) is 0 Å². The maximum absolute atomic E-state index is 14.1. The van der Waals surface area contributed by atoms with E-state index in [1.54, 1.807) is 4.90 Å². The van der Waals surface area contributed by atoms with Crippen LogP contribution in [0, 0.1) is 23.4 Å². The first kappa shape index (κ1) is 25.2. The van der Waals surface area contributed by atoms with E-state index in [1.165, 1.54) is 6.42 Å². The van der Waals surface area contributed by atoms with Crippen molar-refractivity contribution in [2.24, 2.45) is 11.7 Å². The molecule has 35 heavy (non-hydrogen) atoms. The van der Waals surface area contributed by atoms with E-state index in [9.17, 15) is 22.8 Å². The molecule has 1 aliphatic carbocycles. The summed E-state index contributed by atoms with van der Waals surface area (Å²) in [7, 11) is 0. The molecule has 8 heteroatoms. The topological polar surface area (TPSA) is 75.4 Å². The molecule has 2 aliphatic rings. The van der Waals surface area contributed by atoms with Crippen LogP contribution in [0.5, 0.6) is 0 Å². The Hall–Kier alpha value is -2.87. The van der Waals surface area contributed by atoms with E-state index in [-0.39, 0.29) is 42.2 Å². The van der Waals surface area contributed by atoms with Crippen molar-refractivity contribution in [3.05, 3.63) is 70.5 Å². The average molecular weight is 488 g/mol. The summed E-state index contributed by atoms with van der Waals surface area (Å²) >= 11 is 0. The second kappa shape index (κ2) is 10.4. The molecule has 1 aliphatic heterocycles. The maximum atomic E-state index is 14.1. The lowest BCUT2D eigenvalue weighted by Crippen LogP contribution is -2.56. The van der Waals surface area contributed by atoms with Crippen LogP contribution < -0.4 is 11.1 Å². The second-order valence-corrected chi connectivity index (χ2v) is 9.91.